The van der Waals surface area contributed by atoms with Crippen LogP contribution in [0.25, 0.3) is 0 Å². The number of likely N-dealkylation sites (tertiary alicyclic amines) is 1. The van der Waals surface area contributed by atoms with E-state index >= 15 is 0 Å². The van der Waals surface area contributed by atoms with E-state index in [9.17, 15) is 9.59 Å². The number of carbonyl (C=O) groups excluding carboxylic acids is 2. The number of thiophene rings is 1. The lowest BCUT2D eigenvalue weighted by Crippen LogP contribution is -2.44. The Balaban J connectivity index is 1.70. The molecule has 156 valence electrons. The van der Waals surface area contributed by atoms with Crippen LogP contribution in [0.3, 0.4) is 0 Å². The largest absolute Gasteiger partial charge is 0.462 e. The van der Waals surface area contributed by atoms with E-state index in [0.29, 0.717) is 35.7 Å². The van der Waals surface area contributed by atoms with Crippen LogP contribution in [0.1, 0.15) is 53.9 Å². The van der Waals surface area contributed by atoms with Crippen molar-refractivity contribution >= 4 is 28.2 Å². The molecular weight excluding hydrogens is 374 g/mol. The lowest BCUT2D eigenvalue weighted by molar-refractivity contribution is -0.117. The molecule has 0 aromatic carbocycles. The highest BCUT2D eigenvalue weighted by molar-refractivity contribution is 7.17. The first-order chi connectivity index (χ1) is 13.4. The average molecular weight is 408 g/mol. The first-order valence-electron chi connectivity index (χ1n) is 10.4. The number of piperidine rings is 1. The molecule has 0 bridgehead atoms. The summed E-state index contributed by atoms with van der Waals surface area (Å²) in [5, 5.41) is 3.69. The molecule has 1 N–H and O–H groups in total. The molecular formula is C21H33N3O3S. The smallest absolute Gasteiger partial charge is 0.341 e. The molecule has 0 saturated carbocycles. The third kappa shape index (κ3) is 4.93. The van der Waals surface area contributed by atoms with Crippen molar-refractivity contribution in [1.82, 2.24) is 9.80 Å². The van der Waals surface area contributed by atoms with Gasteiger partial charge in [-0.05, 0) is 77.7 Å². The number of hydrogen-bond donors (Lipinski definition) is 1. The van der Waals surface area contributed by atoms with Crippen LogP contribution in [0, 0.1) is 5.92 Å². The van der Waals surface area contributed by atoms with E-state index in [1.807, 2.05) is 14.0 Å². The summed E-state index contributed by atoms with van der Waals surface area (Å²) in [4.78, 5) is 31.0. The zero-order valence-electron chi connectivity index (χ0n) is 17.5. The van der Waals surface area contributed by atoms with Crippen LogP contribution in [-0.2, 0) is 22.4 Å². The zero-order chi connectivity index (χ0) is 20.3. The Morgan fingerprint density at radius 2 is 2.00 bits per heavy atom. The lowest BCUT2D eigenvalue weighted by atomic mass is 9.88. The fourth-order valence-electron chi connectivity index (χ4n) is 4.22. The van der Waals surface area contributed by atoms with Gasteiger partial charge in [-0.15, -0.1) is 11.3 Å². The molecule has 2 aliphatic rings. The Hall–Kier alpha value is -1.44. The maximum Gasteiger partial charge on any atom is 0.341 e. The third-order valence-corrected chi connectivity index (χ3v) is 7.12. The predicted octanol–water partition coefficient (Wildman–Crippen LogP) is 3.01. The summed E-state index contributed by atoms with van der Waals surface area (Å²) in [5.74, 6) is 0.243. The Morgan fingerprint density at radius 3 is 2.68 bits per heavy atom. The van der Waals surface area contributed by atoms with Gasteiger partial charge in [0, 0.05) is 10.9 Å². The van der Waals surface area contributed by atoms with E-state index in [-0.39, 0.29) is 11.9 Å². The van der Waals surface area contributed by atoms with Gasteiger partial charge in [-0.3, -0.25) is 9.69 Å². The third-order valence-electron chi connectivity index (χ3n) is 5.95. The Labute approximate surface area is 172 Å². The predicted molar refractivity (Wildman–Crippen MR) is 113 cm³/mol. The summed E-state index contributed by atoms with van der Waals surface area (Å²) in [6, 6.07) is 0.434. The van der Waals surface area contributed by atoms with Crippen molar-refractivity contribution < 1.29 is 14.3 Å². The quantitative estimate of drug-likeness (QED) is 0.735. The fourth-order valence-corrected chi connectivity index (χ4v) is 5.63. The molecule has 3 rings (SSSR count). The van der Waals surface area contributed by atoms with Crippen molar-refractivity contribution in [1.29, 1.82) is 0 Å². The topological polar surface area (TPSA) is 61.9 Å². The standard InChI is InChI=1S/C21H33N3O3S/c1-5-27-21(26)19-16-7-6-14(2)12-17(16)28-20(19)22-18(25)13-24(4)15-8-10-23(3)11-9-15/h14-15H,5-13H2,1-4H3,(H,22,25)/t14-/m1/s1. The summed E-state index contributed by atoms with van der Waals surface area (Å²) in [6.45, 7) is 6.87. The number of amides is 1. The Bertz CT molecular complexity index is 710. The van der Waals surface area contributed by atoms with Gasteiger partial charge in [-0.25, -0.2) is 4.79 Å². The van der Waals surface area contributed by atoms with Crippen molar-refractivity contribution in [2.75, 3.05) is 45.7 Å². The molecule has 1 amide bonds. The average Bonchev–Trinajstić information content (AvgIpc) is 2.98. The lowest BCUT2D eigenvalue weighted by Gasteiger charge is -2.34. The number of esters is 1. The molecule has 1 aliphatic carbocycles. The maximum absolute atomic E-state index is 12.7. The molecule has 1 aromatic rings. The first-order valence-corrected chi connectivity index (χ1v) is 11.2. The fraction of sp³-hybridized carbons (Fsp3) is 0.714. The van der Waals surface area contributed by atoms with Gasteiger partial charge in [0.1, 0.15) is 5.00 Å². The molecule has 1 fully saturated rings. The number of fused-ring (bicyclic) bond motifs is 1. The molecule has 2 heterocycles. The Kier molecular flexibility index (Phi) is 7.12. The number of rotatable bonds is 6. The molecule has 0 unspecified atom stereocenters. The second-order valence-electron chi connectivity index (χ2n) is 8.27. The van der Waals surface area contributed by atoms with Gasteiger partial charge in [0.05, 0.1) is 18.7 Å². The number of anilines is 1. The van der Waals surface area contributed by atoms with E-state index in [1.165, 1.54) is 4.88 Å². The maximum atomic E-state index is 12.7. The number of nitrogens with one attached hydrogen (secondary N) is 1. The van der Waals surface area contributed by atoms with Crippen molar-refractivity contribution in [2.45, 2.75) is 52.0 Å². The second-order valence-corrected chi connectivity index (χ2v) is 9.38. The Morgan fingerprint density at radius 1 is 1.29 bits per heavy atom. The van der Waals surface area contributed by atoms with Gasteiger partial charge in [0.2, 0.25) is 5.91 Å². The SMILES string of the molecule is CCOC(=O)c1c(NC(=O)CN(C)C2CCN(C)CC2)sc2c1CC[C@@H](C)C2. The molecule has 1 aromatic heterocycles. The number of ether oxygens (including phenoxy) is 1. The van der Waals surface area contributed by atoms with Crippen molar-refractivity contribution in [3.63, 3.8) is 0 Å². The van der Waals surface area contributed by atoms with E-state index < -0.39 is 0 Å². The van der Waals surface area contributed by atoms with E-state index in [1.54, 1.807) is 11.3 Å². The van der Waals surface area contributed by atoms with Gasteiger partial charge in [0.15, 0.2) is 0 Å². The van der Waals surface area contributed by atoms with E-state index in [0.717, 1.165) is 50.8 Å². The summed E-state index contributed by atoms with van der Waals surface area (Å²) in [5.41, 5.74) is 1.67. The number of likely N-dealkylation sites (N-methyl/N-ethyl adjacent to an activating group) is 1. The summed E-state index contributed by atoms with van der Waals surface area (Å²) in [7, 11) is 4.15. The minimum atomic E-state index is -0.312. The molecule has 7 heteroatoms. The minimum absolute atomic E-state index is 0.0568. The molecule has 0 radical (unpaired) electrons. The van der Waals surface area contributed by atoms with Crippen LogP contribution in [0.5, 0.6) is 0 Å². The van der Waals surface area contributed by atoms with Crippen molar-refractivity contribution in [3.05, 3.63) is 16.0 Å². The highest BCUT2D eigenvalue weighted by atomic mass is 32.1. The first kappa shape index (κ1) is 21.3. The number of nitrogens with zero attached hydrogens (tertiary/aromatic N) is 2. The highest BCUT2D eigenvalue weighted by Crippen LogP contribution is 2.40. The van der Waals surface area contributed by atoms with Gasteiger partial charge < -0.3 is 15.0 Å². The molecule has 1 atom stereocenters. The van der Waals surface area contributed by atoms with Crippen LogP contribution in [-0.4, -0.2) is 68.1 Å². The molecule has 6 nitrogen and oxygen atoms in total. The van der Waals surface area contributed by atoms with Crippen molar-refractivity contribution in [2.24, 2.45) is 5.92 Å². The summed E-state index contributed by atoms with van der Waals surface area (Å²) in [6.07, 6.45) is 5.09. The van der Waals surface area contributed by atoms with Gasteiger partial charge in [0.25, 0.3) is 0 Å². The minimum Gasteiger partial charge on any atom is -0.462 e. The summed E-state index contributed by atoms with van der Waals surface area (Å²) < 4.78 is 5.29. The summed E-state index contributed by atoms with van der Waals surface area (Å²) >= 11 is 1.55. The number of carbonyl (C=O) groups is 2. The van der Waals surface area contributed by atoms with Crippen LogP contribution in [0.2, 0.25) is 0 Å². The van der Waals surface area contributed by atoms with Crippen molar-refractivity contribution in [3.8, 4) is 0 Å². The van der Waals surface area contributed by atoms with Crippen LogP contribution in [0.4, 0.5) is 5.00 Å². The monoisotopic (exact) mass is 407 g/mol. The number of hydrogen-bond acceptors (Lipinski definition) is 6. The molecule has 1 saturated heterocycles. The van der Waals surface area contributed by atoms with E-state index in [2.05, 4.69) is 29.1 Å². The van der Waals surface area contributed by atoms with E-state index in [4.69, 9.17) is 4.74 Å². The normalized spacial score (nSPS) is 20.8. The van der Waals surface area contributed by atoms with Crippen LogP contribution >= 0.6 is 11.3 Å². The molecule has 0 spiro atoms. The van der Waals surface area contributed by atoms with Gasteiger partial charge in [-0.1, -0.05) is 6.92 Å². The molecule has 28 heavy (non-hydrogen) atoms. The highest BCUT2D eigenvalue weighted by Gasteiger charge is 2.29. The second kappa shape index (κ2) is 9.37. The van der Waals surface area contributed by atoms with Crippen LogP contribution in [0.15, 0.2) is 0 Å². The molecule has 1 aliphatic heterocycles. The van der Waals surface area contributed by atoms with Gasteiger partial charge in [-0.2, -0.15) is 0 Å². The zero-order valence-corrected chi connectivity index (χ0v) is 18.4. The van der Waals surface area contributed by atoms with Crippen LogP contribution < -0.4 is 5.32 Å². The van der Waals surface area contributed by atoms with Gasteiger partial charge >= 0.3 is 5.97 Å².